The first-order valence-corrected chi connectivity index (χ1v) is 9.69. The molecule has 26 heavy (non-hydrogen) atoms. The van der Waals surface area contributed by atoms with E-state index in [1.54, 1.807) is 0 Å². The van der Waals surface area contributed by atoms with Crippen molar-refractivity contribution in [3.8, 4) is 0 Å². The lowest BCUT2D eigenvalue weighted by Crippen LogP contribution is -2.51. The molecule has 3 rings (SSSR count). The molecule has 0 spiro atoms. The Morgan fingerprint density at radius 3 is 2.58 bits per heavy atom. The van der Waals surface area contributed by atoms with Crippen molar-refractivity contribution in [2.24, 2.45) is 5.92 Å². The van der Waals surface area contributed by atoms with Gasteiger partial charge in [-0.25, -0.2) is 9.59 Å². The molecular weight excluding hydrogens is 328 g/mol. The van der Waals surface area contributed by atoms with E-state index in [1.165, 1.54) is 19.3 Å². The van der Waals surface area contributed by atoms with Crippen molar-refractivity contribution in [1.29, 1.82) is 0 Å². The molecule has 0 radical (unpaired) electrons. The standard InChI is InChI=1S/C21H28N2O3/c1-2-17-19(20(24)26-14-16-11-7-4-8-12-16)18(23-21(25)22-17)13-15-9-5-3-6-10-15/h3,5-6,9-10,16,18H,2,4,7-8,11-14H2,1H3,(H2,22,23,25). The Morgan fingerprint density at radius 1 is 1.15 bits per heavy atom. The minimum absolute atomic E-state index is 0.258. The second kappa shape index (κ2) is 8.88. The van der Waals surface area contributed by atoms with E-state index in [2.05, 4.69) is 10.6 Å². The number of hydrogen-bond acceptors (Lipinski definition) is 3. The number of ether oxygens (including phenoxy) is 1. The van der Waals surface area contributed by atoms with E-state index >= 15 is 0 Å². The molecule has 140 valence electrons. The summed E-state index contributed by atoms with van der Waals surface area (Å²) >= 11 is 0. The van der Waals surface area contributed by atoms with E-state index in [4.69, 9.17) is 4.74 Å². The van der Waals surface area contributed by atoms with Crippen LogP contribution in [0, 0.1) is 5.92 Å². The molecule has 2 N–H and O–H groups in total. The number of rotatable bonds is 6. The fourth-order valence-corrected chi connectivity index (χ4v) is 3.85. The number of carbonyl (C=O) groups excluding carboxylic acids is 2. The second-order valence-electron chi connectivity index (χ2n) is 7.19. The Balaban J connectivity index is 1.73. The third-order valence-electron chi connectivity index (χ3n) is 5.27. The minimum atomic E-state index is -0.361. The van der Waals surface area contributed by atoms with Gasteiger partial charge in [-0.05, 0) is 37.2 Å². The first kappa shape index (κ1) is 18.5. The number of benzene rings is 1. The van der Waals surface area contributed by atoms with Crippen LogP contribution in [0.2, 0.25) is 0 Å². The van der Waals surface area contributed by atoms with Crippen molar-refractivity contribution in [2.45, 2.75) is 57.9 Å². The van der Waals surface area contributed by atoms with E-state index in [-0.39, 0.29) is 18.0 Å². The van der Waals surface area contributed by atoms with Gasteiger partial charge in [-0.3, -0.25) is 0 Å². The van der Waals surface area contributed by atoms with Crippen molar-refractivity contribution in [3.63, 3.8) is 0 Å². The van der Waals surface area contributed by atoms with Gasteiger partial charge in [0.15, 0.2) is 0 Å². The molecule has 0 bridgehead atoms. The molecule has 5 heteroatoms. The highest BCUT2D eigenvalue weighted by Crippen LogP contribution is 2.25. The van der Waals surface area contributed by atoms with Crippen LogP contribution in [0.15, 0.2) is 41.6 Å². The summed E-state index contributed by atoms with van der Waals surface area (Å²) in [4.78, 5) is 24.8. The summed E-state index contributed by atoms with van der Waals surface area (Å²) in [7, 11) is 0. The van der Waals surface area contributed by atoms with Gasteiger partial charge < -0.3 is 15.4 Å². The summed E-state index contributed by atoms with van der Waals surface area (Å²) in [6, 6.07) is 9.27. The molecule has 1 aromatic carbocycles. The molecule has 1 unspecified atom stereocenters. The molecule has 5 nitrogen and oxygen atoms in total. The average molecular weight is 356 g/mol. The minimum Gasteiger partial charge on any atom is -0.462 e. The highest BCUT2D eigenvalue weighted by atomic mass is 16.5. The molecule has 1 aromatic rings. The number of esters is 1. The summed E-state index contributed by atoms with van der Waals surface area (Å²) in [5.41, 5.74) is 2.31. The van der Waals surface area contributed by atoms with E-state index < -0.39 is 0 Å². The van der Waals surface area contributed by atoms with Crippen molar-refractivity contribution in [3.05, 3.63) is 47.2 Å². The Hall–Kier alpha value is -2.30. The summed E-state index contributed by atoms with van der Waals surface area (Å²) in [5, 5.41) is 5.67. The van der Waals surface area contributed by atoms with E-state index in [1.807, 2.05) is 37.3 Å². The van der Waals surface area contributed by atoms with Crippen molar-refractivity contribution >= 4 is 12.0 Å². The maximum Gasteiger partial charge on any atom is 0.337 e. The first-order chi connectivity index (χ1) is 12.7. The Morgan fingerprint density at radius 2 is 1.88 bits per heavy atom. The zero-order valence-corrected chi connectivity index (χ0v) is 15.4. The van der Waals surface area contributed by atoms with Crippen LogP contribution in [0.4, 0.5) is 4.79 Å². The van der Waals surface area contributed by atoms with Crippen LogP contribution in [-0.2, 0) is 16.0 Å². The SMILES string of the molecule is CCC1=C(C(=O)OCC2CCCCC2)C(Cc2ccccc2)NC(=O)N1. The summed E-state index contributed by atoms with van der Waals surface area (Å²) < 4.78 is 5.67. The van der Waals surface area contributed by atoms with Crippen LogP contribution in [0.25, 0.3) is 0 Å². The molecule has 1 heterocycles. The number of carbonyl (C=O) groups is 2. The molecule has 0 saturated heterocycles. The van der Waals surface area contributed by atoms with Gasteiger partial charge in [-0.1, -0.05) is 56.5 Å². The smallest absolute Gasteiger partial charge is 0.337 e. The fraction of sp³-hybridized carbons (Fsp3) is 0.524. The normalized spacial score (nSPS) is 21.1. The molecule has 0 aromatic heterocycles. The molecule has 1 aliphatic heterocycles. The molecule has 1 aliphatic carbocycles. The molecule has 2 aliphatic rings. The van der Waals surface area contributed by atoms with E-state index in [0.717, 1.165) is 18.4 Å². The zero-order chi connectivity index (χ0) is 18.4. The number of nitrogens with one attached hydrogen (secondary N) is 2. The largest absolute Gasteiger partial charge is 0.462 e. The lowest BCUT2D eigenvalue weighted by molar-refractivity contribution is -0.141. The van der Waals surface area contributed by atoms with Gasteiger partial charge in [0.1, 0.15) is 0 Å². The van der Waals surface area contributed by atoms with Gasteiger partial charge in [0.25, 0.3) is 0 Å². The number of hydrogen-bond donors (Lipinski definition) is 2. The third kappa shape index (κ3) is 4.65. The van der Waals surface area contributed by atoms with Crippen LogP contribution >= 0.6 is 0 Å². The average Bonchev–Trinajstić information content (AvgIpc) is 2.67. The van der Waals surface area contributed by atoms with E-state index in [0.29, 0.717) is 36.6 Å². The Labute approximate surface area is 155 Å². The van der Waals surface area contributed by atoms with Crippen LogP contribution in [0.3, 0.4) is 0 Å². The van der Waals surface area contributed by atoms with Gasteiger partial charge in [0.05, 0.1) is 18.2 Å². The summed E-state index contributed by atoms with van der Waals surface area (Å²) in [5.74, 6) is 0.165. The first-order valence-electron chi connectivity index (χ1n) is 9.69. The topological polar surface area (TPSA) is 67.4 Å². The van der Waals surface area contributed by atoms with Crippen LogP contribution in [0.5, 0.6) is 0 Å². The Kier molecular flexibility index (Phi) is 6.31. The predicted molar refractivity (Wildman–Crippen MR) is 100 cm³/mol. The van der Waals surface area contributed by atoms with Crippen molar-refractivity contribution in [1.82, 2.24) is 10.6 Å². The maximum atomic E-state index is 12.8. The molecule has 1 saturated carbocycles. The predicted octanol–water partition coefficient (Wildman–Crippen LogP) is 3.70. The highest BCUT2D eigenvalue weighted by molar-refractivity contribution is 5.94. The number of allylic oxidation sites excluding steroid dienone is 1. The Bertz CT molecular complexity index is 663. The van der Waals surface area contributed by atoms with Gasteiger partial charge in [-0.15, -0.1) is 0 Å². The monoisotopic (exact) mass is 356 g/mol. The second-order valence-corrected chi connectivity index (χ2v) is 7.19. The zero-order valence-electron chi connectivity index (χ0n) is 15.4. The van der Waals surface area contributed by atoms with Gasteiger partial charge in [-0.2, -0.15) is 0 Å². The quantitative estimate of drug-likeness (QED) is 0.764. The van der Waals surface area contributed by atoms with Crippen molar-refractivity contribution in [2.75, 3.05) is 6.61 Å². The molecule has 1 atom stereocenters. The van der Waals surface area contributed by atoms with Crippen LogP contribution < -0.4 is 10.6 Å². The molecule has 1 fully saturated rings. The third-order valence-corrected chi connectivity index (χ3v) is 5.27. The van der Waals surface area contributed by atoms with Gasteiger partial charge in [0, 0.05) is 5.70 Å². The number of amides is 2. The molecule has 2 amide bonds. The maximum absolute atomic E-state index is 12.8. The fourth-order valence-electron chi connectivity index (χ4n) is 3.85. The van der Waals surface area contributed by atoms with Gasteiger partial charge in [0.2, 0.25) is 0 Å². The highest BCUT2D eigenvalue weighted by Gasteiger charge is 2.32. The van der Waals surface area contributed by atoms with Crippen molar-refractivity contribution < 1.29 is 14.3 Å². The van der Waals surface area contributed by atoms with Crippen LogP contribution in [-0.4, -0.2) is 24.6 Å². The molecular formula is C21H28N2O3. The van der Waals surface area contributed by atoms with E-state index in [9.17, 15) is 9.59 Å². The lowest BCUT2D eigenvalue weighted by Gasteiger charge is -2.29. The van der Waals surface area contributed by atoms with Crippen LogP contribution in [0.1, 0.15) is 51.0 Å². The number of urea groups is 1. The summed E-state index contributed by atoms with van der Waals surface area (Å²) in [6.07, 6.45) is 7.16. The van der Waals surface area contributed by atoms with Gasteiger partial charge >= 0.3 is 12.0 Å². The summed E-state index contributed by atoms with van der Waals surface area (Å²) in [6.45, 7) is 2.42. The lowest BCUT2D eigenvalue weighted by atomic mass is 9.90.